The molecule has 0 saturated heterocycles. The molecule has 0 aliphatic rings. The minimum Gasteiger partial charge on any atom is -0.366 e. The topological polar surface area (TPSA) is 43.1 Å². The van der Waals surface area contributed by atoms with Crippen molar-refractivity contribution in [2.45, 2.75) is 5.33 Å². The first-order valence-corrected chi connectivity index (χ1v) is 4.78. The molecule has 1 rings (SSSR count). The van der Waals surface area contributed by atoms with Crippen LogP contribution in [-0.4, -0.2) is 5.91 Å². The summed E-state index contributed by atoms with van der Waals surface area (Å²) in [6, 6.07) is 5.04. The van der Waals surface area contributed by atoms with Crippen LogP contribution < -0.4 is 5.73 Å². The van der Waals surface area contributed by atoms with Crippen molar-refractivity contribution in [2.75, 3.05) is 0 Å². The van der Waals surface area contributed by atoms with Gasteiger partial charge in [-0.2, -0.15) is 0 Å². The molecule has 1 aromatic rings. The number of hydrogen-bond acceptors (Lipinski definition) is 1. The van der Waals surface area contributed by atoms with Crippen LogP contribution in [0.5, 0.6) is 0 Å². The standard InChI is InChI=1S/C8H7BrClNO/c9-4-5-1-6(8(11)12)3-7(10)2-5/h1-3H,4H2,(H2,11,12). The summed E-state index contributed by atoms with van der Waals surface area (Å²) in [5.74, 6) is -0.459. The average Bonchev–Trinajstić information content (AvgIpc) is 2.03. The lowest BCUT2D eigenvalue weighted by Gasteiger charge is -2.00. The number of halogens is 2. The molecule has 0 spiro atoms. The van der Waals surface area contributed by atoms with Gasteiger partial charge < -0.3 is 5.73 Å². The first-order valence-electron chi connectivity index (χ1n) is 3.28. The summed E-state index contributed by atoms with van der Waals surface area (Å²) in [4.78, 5) is 10.8. The Hall–Kier alpha value is -0.540. The number of primary amides is 1. The SMILES string of the molecule is NC(=O)c1cc(Cl)cc(CBr)c1. The van der Waals surface area contributed by atoms with Gasteiger partial charge in [-0.3, -0.25) is 4.79 Å². The molecule has 0 bridgehead atoms. The predicted molar refractivity (Wildman–Crippen MR) is 52.6 cm³/mol. The van der Waals surface area contributed by atoms with Crippen molar-refractivity contribution in [3.05, 3.63) is 34.3 Å². The highest BCUT2D eigenvalue weighted by Gasteiger charge is 2.03. The first-order chi connectivity index (χ1) is 5.63. The summed E-state index contributed by atoms with van der Waals surface area (Å²) in [6.45, 7) is 0. The largest absolute Gasteiger partial charge is 0.366 e. The molecular weight excluding hydrogens is 241 g/mol. The van der Waals surface area contributed by atoms with Gasteiger partial charge in [-0.05, 0) is 23.8 Å². The normalized spacial score (nSPS) is 9.83. The second-order valence-corrected chi connectivity index (χ2v) is 3.34. The van der Waals surface area contributed by atoms with Gasteiger partial charge in [-0.15, -0.1) is 0 Å². The van der Waals surface area contributed by atoms with E-state index in [2.05, 4.69) is 15.9 Å². The number of rotatable bonds is 2. The molecular formula is C8H7BrClNO. The van der Waals surface area contributed by atoms with E-state index >= 15 is 0 Å². The predicted octanol–water partition coefficient (Wildman–Crippen LogP) is 2.33. The fourth-order valence-electron chi connectivity index (χ4n) is 0.870. The van der Waals surface area contributed by atoms with Gasteiger partial charge in [0.2, 0.25) is 5.91 Å². The Kier molecular flexibility index (Phi) is 3.12. The molecule has 0 radical (unpaired) electrons. The highest BCUT2D eigenvalue weighted by atomic mass is 79.9. The number of nitrogens with two attached hydrogens (primary N) is 1. The fourth-order valence-corrected chi connectivity index (χ4v) is 1.45. The van der Waals surface area contributed by atoms with Gasteiger partial charge in [0.15, 0.2) is 0 Å². The zero-order chi connectivity index (χ0) is 9.14. The van der Waals surface area contributed by atoms with Crippen LogP contribution in [0, 0.1) is 0 Å². The Bertz CT molecular complexity index is 314. The van der Waals surface area contributed by atoms with E-state index in [1.807, 2.05) is 0 Å². The van der Waals surface area contributed by atoms with E-state index < -0.39 is 5.91 Å². The maximum atomic E-state index is 10.8. The van der Waals surface area contributed by atoms with Crippen molar-refractivity contribution in [3.63, 3.8) is 0 Å². The van der Waals surface area contributed by atoms with E-state index in [0.29, 0.717) is 15.9 Å². The van der Waals surface area contributed by atoms with Crippen LogP contribution in [0.2, 0.25) is 5.02 Å². The molecule has 0 saturated carbocycles. The highest BCUT2D eigenvalue weighted by Crippen LogP contribution is 2.16. The Balaban J connectivity index is 3.15. The minimum absolute atomic E-state index is 0.442. The van der Waals surface area contributed by atoms with Gasteiger partial charge in [0.25, 0.3) is 0 Å². The number of hydrogen-bond donors (Lipinski definition) is 1. The average molecular weight is 249 g/mol. The fraction of sp³-hybridized carbons (Fsp3) is 0.125. The van der Waals surface area contributed by atoms with Crippen LogP contribution in [0.4, 0.5) is 0 Å². The van der Waals surface area contributed by atoms with Gasteiger partial charge in [0.05, 0.1) is 0 Å². The van der Waals surface area contributed by atoms with Crippen LogP contribution in [0.1, 0.15) is 15.9 Å². The number of amides is 1. The zero-order valence-electron chi connectivity index (χ0n) is 6.18. The third-order valence-electron chi connectivity index (χ3n) is 1.40. The molecule has 1 aromatic carbocycles. The van der Waals surface area contributed by atoms with E-state index in [1.165, 1.54) is 0 Å². The van der Waals surface area contributed by atoms with Gasteiger partial charge in [0.1, 0.15) is 0 Å². The van der Waals surface area contributed by atoms with Gasteiger partial charge >= 0.3 is 0 Å². The maximum Gasteiger partial charge on any atom is 0.248 e. The van der Waals surface area contributed by atoms with Crippen LogP contribution in [0.15, 0.2) is 18.2 Å². The van der Waals surface area contributed by atoms with Crippen LogP contribution in [0.3, 0.4) is 0 Å². The number of carbonyl (C=O) groups excluding carboxylic acids is 1. The second kappa shape index (κ2) is 3.92. The molecule has 0 aromatic heterocycles. The quantitative estimate of drug-likeness (QED) is 0.802. The smallest absolute Gasteiger partial charge is 0.248 e. The number of alkyl halides is 1. The third-order valence-corrected chi connectivity index (χ3v) is 2.26. The molecule has 2 nitrogen and oxygen atoms in total. The molecule has 1 amide bonds. The zero-order valence-corrected chi connectivity index (χ0v) is 8.52. The van der Waals surface area contributed by atoms with E-state index in [0.717, 1.165) is 5.56 Å². The van der Waals surface area contributed by atoms with Crippen LogP contribution >= 0.6 is 27.5 Å². The second-order valence-electron chi connectivity index (χ2n) is 2.35. The summed E-state index contributed by atoms with van der Waals surface area (Å²) in [5.41, 5.74) is 6.48. The van der Waals surface area contributed by atoms with Crippen molar-refractivity contribution in [1.82, 2.24) is 0 Å². The lowest BCUT2D eigenvalue weighted by Crippen LogP contribution is -2.11. The molecule has 0 unspecified atom stereocenters. The van der Waals surface area contributed by atoms with Gasteiger partial charge in [0, 0.05) is 15.9 Å². The van der Waals surface area contributed by atoms with E-state index in [-0.39, 0.29) is 0 Å². The van der Waals surface area contributed by atoms with Crippen LogP contribution in [0.25, 0.3) is 0 Å². The molecule has 64 valence electrons. The summed E-state index contributed by atoms with van der Waals surface area (Å²) in [6.07, 6.45) is 0. The highest BCUT2D eigenvalue weighted by molar-refractivity contribution is 9.08. The lowest BCUT2D eigenvalue weighted by molar-refractivity contribution is 0.1000. The van der Waals surface area contributed by atoms with E-state index in [1.54, 1.807) is 18.2 Å². The summed E-state index contributed by atoms with van der Waals surface area (Å²) >= 11 is 9.01. The van der Waals surface area contributed by atoms with Crippen LogP contribution in [-0.2, 0) is 5.33 Å². The van der Waals surface area contributed by atoms with E-state index in [4.69, 9.17) is 17.3 Å². The van der Waals surface area contributed by atoms with Gasteiger partial charge in [-0.25, -0.2) is 0 Å². The van der Waals surface area contributed by atoms with Crippen molar-refractivity contribution in [3.8, 4) is 0 Å². The molecule has 12 heavy (non-hydrogen) atoms. The summed E-state index contributed by atoms with van der Waals surface area (Å²) in [5, 5.41) is 1.19. The number of benzene rings is 1. The number of carbonyl (C=O) groups is 1. The van der Waals surface area contributed by atoms with Crippen molar-refractivity contribution in [2.24, 2.45) is 5.73 Å². The minimum atomic E-state index is -0.459. The Labute approximate surface area is 83.8 Å². The first kappa shape index (κ1) is 9.55. The van der Waals surface area contributed by atoms with Crippen molar-refractivity contribution < 1.29 is 4.79 Å². The summed E-state index contributed by atoms with van der Waals surface area (Å²) < 4.78 is 0. The van der Waals surface area contributed by atoms with Crippen molar-refractivity contribution in [1.29, 1.82) is 0 Å². The third kappa shape index (κ3) is 2.22. The molecule has 2 N–H and O–H groups in total. The van der Waals surface area contributed by atoms with Gasteiger partial charge in [-0.1, -0.05) is 27.5 Å². The molecule has 0 aliphatic heterocycles. The Morgan fingerprint density at radius 1 is 1.50 bits per heavy atom. The molecule has 0 fully saturated rings. The Morgan fingerprint density at radius 2 is 2.17 bits per heavy atom. The molecule has 4 heteroatoms. The molecule has 0 heterocycles. The lowest BCUT2D eigenvalue weighted by atomic mass is 10.1. The van der Waals surface area contributed by atoms with E-state index in [9.17, 15) is 4.79 Å². The molecule has 0 atom stereocenters. The maximum absolute atomic E-state index is 10.8. The monoisotopic (exact) mass is 247 g/mol. The van der Waals surface area contributed by atoms with Crippen molar-refractivity contribution >= 4 is 33.4 Å². The Morgan fingerprint density at radius 3 is 2.67 bits per heavy atom. The summed E-state index contributed by atoms with van der Waals surface area (Å²) in [7, 11) is 0. The molecule has 0 aliphatic carbocycles.